The molecule has 1 aliphatic heterocycles. The van der Waals surface area contributed by atoms with Gasteiger partial charge in [-0.05, 0) is 12.8 Å². The summed E-state index contributed by atoms with van der Waals surface area (Å²) in [5.74, 6) is 0.273. The van der Waals surface area contributed by atoms with Crippen LogP contribution in [0.15, 0.2) is 10.9 Å². The quantitative estimate of drug-likeness (QED) is 0.815. The number of hydrogen-bond acceptors (Lipinski definition) is 5. The molecule has 4 nitrogen and oxygen atoms in total. The van der Waals surface area contributed by atoms with Crippen LogP contribution in [0.1, 0.15) is 24.6 Å². The van der Waals surface area contributed by atoms with E-state index < -0.39 is 21.1 Å². The molecule has 0 bridgehead atoms. The van der Waals surface area contributed by atoms with Gasteiger partial charge in [-0.15, -0.1) is 11.3 Å². The first-order valence-electron chi connectivity index (χ1n) is 4.46. The number of nitrogens with zero attached hydrogens (tertiary/aromatic N) is 1. The van der Waals surface area contributed by atoms with Crippen molar-refractivity contribution >= 4 is 21.2 Å². The van der Waals surface area contributed by atoms with Crippen molar-refractivity contribution in [2.75, 3.05) is 5.75 Å². The lowest BCUT2D eigenvalue weighted by Crippen LogP contribution is -2.30. The predicted octanol–water partition coefficient (Wildman–Crippen LogP) is 0.720. The molecule has 0 aromatic carbocycles. The minimum Gasteiger partial charge on any atom is -0.322 e. The molecule has 1 aliphatic rings. The zero-order chi connectivity index (χ0) is 10.2. The molecule has 14 heavy (non-hydrogen) atoms. The summed E-state index contributed by atoms with van der Waals surface area (Å²) in [6, 6.07) is -0.450. The van der Waals surface area contributed by atoms with E-state index in [2.05, 4.69) is 4.98 Å². The molecular weight excluding hydrogens is 220 g/mol. The Bertz CT molecular complexity index is 399. The average Bonchev–Trinajstić information content (AvgIpc) is 2.71. The molecule has 2 N–H and O–H groups in total. The number of thiazole rings is 1. The Balaban J connectivity index is 2.24. The summed E-state index contributed by atoms with van der Waals surface area (Å²) in [5.41, 5.74) is 8.26. The second-order valence-electron chi connectivity index (χ2n) is 3.49. The third-order valence-electron chi connectivity index (χ3n) is 2.57. The van der Waals surface area contributed by atoms with Gasteiger partial charge in [0.15, 0.2) is 9.84 Å². The first-order chi connectivity index (χ1) is 6.61. The molecule has 2 atom stereocenters. The van der Waals surface area contributed by atoms with Crippen molar-refractivity contribution in [3.05, 3.63) is 16.6 Å². The number of nitrogens with two attached hydrogens (primary N) is 1. The highest BCUT2D eigenvalue weighted by Gasteiger charge is 2.37. The van der Waals surface area contributed by atoms with E-state index in [0.717, 1.165) is 6.42 Å². The van der Waals surface area contributed by atoms with Crippen molar-refractivity contribution in [3.8, 4) is 0 Å². The topological polar surface area (TPSA) is 73.0 Å². The second kappa shape index (κ2) is 3.60. The Kier molecular flexibility index (Phi) is 2.59. The molecule has 0 spiro atoms. The normalized spacial score (nSPS) is 27.6. The predicted molar refractivity (Wildman–Crippen MR) is 55.9 cm³/mol. The van der Waals surface area contributed by atoms with Crippen LogP contribution in [-0.4, -0.2) is 24.4 Å². The van der Waals surface area contributed by atoms with Gasteiger partial charge in [-0.2, -0.15) is 0 Å². The monoisotopic (exact) mass is 232 g/mol. The van der Waals surface area contributed by atoms with E-state index in [1.54, 1.807) is 5.51 Å². The number of sulfone groups is 1. The van der Waals surface area contributed by atoms with E-state index in [1.165, 1.54) is 11.3 Å². The van der Waals surface area contributed by atoms with Crippen molar-refractivity contribution < 1.29 is 8.42 Å². The zero-order valence-electron chi connectivity index (χ0n) is 7.59. The van der Waals surface area contributed by atoms with Crippen LogP contribution in [-0.2, 0) is 9.84 Å². The van der Waals surface area contributed by atoms with Crippen molar-refractivity contribution in [2.24, 2.45) is 5.73 Å². The van der Waals surface area contributed by atoms with Crippen LogP contribution in [0.3, 0.4) is 0 Å². The van der Waals surface area contributed by atoms with Gasteiger partial charge in [0.2, 0.25) is 0 Å². The van der Waals surface area contributed by atoms with Crippen LogP contribution in [0.2, 0.25) is 0 Å². The SMILES string of the molecule is NC(c1cscn1)C1CCCS1(=O)=O. The molecule has 0 aliphatic carbocycles. The lowest BCUT2D eigenvalue weighted by atomic mass is 10.1. The highest BCUT2D eigenvalue weighted by atomic mass is 32.2. The summed E-state index contributed by atoms with van der Waals surface area (Å²) < 4.78 is 23.2. The van der Waals surface area contributed by atoms with E-state index in [4.69, 9.17) is 5.73 Å². The first-order valence-corrected chi connectivity index (χ1v) is 7.12. The molecule has 2 heterocycles. The fourth-order valence-corrected chi connectivity index (χ4v) is 4.38. The Hall–Kier alpha value is -0.460. The van der Waals surface area contributed by atoms with Crippen molar-refractivity contribution in [3.63, 3.8) is 0 Å². The summed E-state index contributed by atoms with van der Waals surface area (Å²) in [7, 11) is -2.97. The van der Waals surface area contributed by atoms with Crippen LogP contribution in [0.5, 0.6) is 0 Å². The Morgan fingerprint density at radius 2 is 2.43 bits per heavy atom. The van der Waals surface area contributed by atoms with E-state index in [-0.39, 0.29) is 5.75 Å². The maximum atomic E-state index is 11.6. The van der Waals surface area contributed by atoms with Gasteiger partial charge in [0.1, 0.15) is 0 Å². The number of rotatable bonds is 2. The molecule has 1 aromatic heterocycles. The third kappa shape index (κ3) is 1.69. The lowest BCUT2D eigenvalue weighted by Gasteiger charge is -2.15. The fraction of sp³-hybridized carbons (Fsp3) is 0.625. The Labute approximate surface area is 87.1 Å². The third-order valence-corrected chi connectivity index (χ3v) is 5.49. The summed E-state index contributed by atoms with van der Waals surface area (Å²) >= 11 is 1.44. The molecule has 1 aromatic rings. The van der Waals surface area contributed by atoms with Crippen LogP contribution in [0.25, 0.3) is 0 Å². The molecule has 2 unspecified atom stereocenters. The van der Waals surface area contributed by atoms with E-state index in [0.29, 0.717) is 12.1 Å². The Morgan fingerprint density at radius 3 is 2.93 bits per heavy atom. The van der Waals surface area contributed by atoms with Crippen LogP contribution < -0.4 is 5.73 Å². The van der Waals surface area contributed by atoms with Gasteiger partial charge < -0.3 is 5.73 Å². The average molecular weight is 232 g/mol. The van der Waals surface area contributed by atoms with Crippen LogP contribution in [0, 0.1) is 0 Å². The van der Waals surface area contributed by atoms with E-state index >= 15 is 0 Å². The summed E-state index contributed by atoms with van der Waals surface area (Å²) in [4.78, 5) is 4.06. The molecule has 0 radical (unpaired) electrons. The van der Waals surface area contributed by atoms with Crippen molar-refractivity contribution in [1.82, 2.24) is 4.98 Å². The molecule has 1 fully saturated rings. The molecule has 78 valence electrons. The molecule has 2 rings (SSSR count). The lowest BCUT2D eigenvalue weighted by molar-refractivity contribution is 0.561. The Morgan fingerprint density at radius 1 is 1.64 bits per heavy atom. The highest BCUT2D eigenvalue weighted by molar-refractivity contribution is 7.92. The second-order valence-corrected chi connectivity index (χ2v) is 6.54. The standard InChI is InChI=1S/C8H12N2O2S2/c9-8(6-4-13-5-10-6)7-2-1-3-14(7,11)12/h4-5,7-8H,1-3,9H2. The van der Waals surface area contributed by atoms with Crippen LogP contribution >= 0.6 is 11.3 Å². The van der Waals surface area contributed by atoms with Gasteiger partial charge in [0, 0.05) is 5.38 Å². The van der Waals surface area contributed by atoms with Crippen molar-refractivity contribution in [1.29, 1.82) is 0 Å². The maximum absolute atomic E-state index is 11.6. The largest absolute Gasteiger partial charge is 0.322 e. The van der Waals surface area contributed by atoms with Gasteiger partial charge in [-0.25, -0.2) is 13.4 Å². The molecule has 6 heteroatoms. The first kappa shape index (κ1) is 10.1. The van der Waals surface area contributed by atoms with Crippen molar-refractivity contribution in [2.45, 2.75) is 24.1 Å². The molecule has 0 saturated carbocycles. The highest BCUT2D eigenvalue weighted by Crippen LogP contribution is 2.29. The van der Waals surface area contributed by atoms with Gasteiger partial charge in [0.05, 0.1) is 28.2 Å². The van der Waals surface area contributed by atoms with E-state index in [1.807, 2.05) is 5.38 Å². The smallest absolute Gasteiger partial charge is 0.155 e. The summed E-state index contributed by atoms with van der Waals surface area (Å²) in [6.45, 7) is 0. The minimum absolute atomic E-state index is 0.273. The number of aromatic nitrogens is 1. The van der Waals surface area contributed by atoms with Gasteiger partial charge in [0.25, 0.3) is 0 Å². The summed E-state index contributed by atoms with van der Waals surface area (Å²) in [5, 5.41) is 1.39. The molecule has 1 saturated heterocycles. The van der Waals surface area contributed by atoms with E-state index in [9.17, 15) is 8.42 Å². The number of hydrogen-bond donors (Lipinski definition) is 1. The zero-order valence-corrected chi connectivity index (χ0v) is 9.22. The maximum Gasteiger partial charge on any atom is 0.155 e. The molecular formula is C8H12N2O2S2. The van der Waals surface area contributed by atoms with Gasteiger partial charge >= 0.3 is 0 Å². The minimum atomic E-state index is -2.97. The summed E-state index contributed by atoms with van der Waals surface area (Å²) in [6.07, 6.45) is 1.39. The van der Waals surface area contributed by atoms with Gasteiger partial charge in [-0.3, -0.25) is 0 Å². The fourth-order valence-electron chi connectivity index (χ4n) is 1.80. The van der Waals surface area contributed by atoms with Gasteiger partial charge in [-0.1, -0.05) is 0 Å². The molecule has 0 amide bonds. The van der Waals surface area contributed by atoms with Crippen LogP contribution in [0.4, 0.5) is 0 Å².